The molecule has 0 bridgehead atoms. The van der Waals surface area contributed by atoms with Crippen LogP contribution in [0.4, 0.5) is 0 Å². The highest BCUT2D eigenvalue weighted by molar-refractivity contribution is 5.51. The van der Waals surface area contributed by atoms with Gasteiger partial charge in [-0.1, -0.05) is 6.92 Å². The van der Waals surface area contributed by atoms with E-state index in [4.69, 9.17) is 0 Å². The molecular formula is C14H19N3. The average molecular weight is 229 g/mol. The summed E-state index contributed by atoms with van der Waals surface area (Å²) in [6.07, 6.45) is 0.769. The normalized spacial score (nSPS) is 19.1. The molecule has 0 unspecified atom stereocenters. The van der Waals surface area contributed by atoms with Crippen molar-refractivity contribution >= 4 is 0 Å². The highest BCUT2D eigenvalue weighted by atomic mass is 15.1. The molecule has 0 aromatic rings. The van der Waals surface area contributed by atoms with E-state index in [-0.39, 0.29) is 0 Å². The number of nitrogens with zero attached hydrogens (tertiary/aromatic N) is 3. The smallest absolute Gasteiger partial charge is 0.0975 e. The van der Waals surface area contributed by atoms with Gasteiger partial charge in [-0.3, -0.25) is 0 Å². The molecule has 1 aliphatic rings. The molecule has 0 saturated heterocycles. The van der Waals surface area contributed by atoms with Crippen molar-refractivity contribution in [2.45, 2.75) is 41.0 Å². The van der Waals surface area contributed by atoms with Crippen LogP contribution in [-0.2, 0) is 0 Å². The zero-order chi connectivity index (χ0) is 13.2. The Hall–Kier alpha value is -1.74. The standard InChI is InChI=1S/C14H19N3/c1-6-14(5)12(8-15)10(3)17(7-2)11(4)13(14)9-16/h6-7H2,1-5H3. The fourth-order valence-corrected chi connectivity index (χ4v) is 2.68. The van der Waals surface area contributed by atoms with E-state index >= 15 is 0 Å². The van der Waals surface area contributed by atoms with E-state index in [1.165, 1.54) is 0 Å². The van der Waals surface area contributed by atoms with Crippen molar-refractivity contribution in [3.63, 3.8) is 0 Å². The van der Waals surface area contributed by atoms with Crippen molar-refractivity contribution in [1.82, 2.24) is 4.90 Å². The van der Waals surface area contributed by atoms with Gasteiger partial charge in [0.25, 0.3) is 0 Å². The topological polar surface area (TPSA) is 50.8 Å². The maximum absolute atomic E-state index is 9.37. The van der Waals surface area contributed by atoms with Crippen molar-refractivity contribution < 1.29 is 0 Å². The Morgan fingerprint density at radius 1 is 1.06 bits per heavy atom. The third-order valence-corrected chi connectivity index (χ3v) is 3.88. The second-order valence-corrected chi connectivity index (χ2v) is 4.57. The summed E-state index contributed by atoms with van der Waals surface area (Å²) in [6.45, 7) is 10.8. The SMILES string of the molecule is CCN1C(C)=C(C#N)C(C)(CC)C(C#N)=C1C. The van der Waals surface area contributed by atoms with Crippen LogP contribution in [0.25, 0.3) is 0 Å². The first-order valence-electron chi connectivity index (χ1n) is 5.98. The van der Waals surface area contributed by atoms with Gasteiger partial charge in [-0.05, 0) is 34.1 Å². The maximum atomic E-state index is 9.37. The summed E-state index contributed by atoms with van der Waals surface area (Å²) in [5.41, 5.74) is 2.99. The Balaban J connectivity index is 3.57. The summed E-state index contributed by atoms with van der Waals surface area (Å²) >= 11 is 0. The molecule has 1 rings (SSSR count). The lowest BCUT2D eigenvalue weighted by Crippen LogP contribution is -2.35. The van der Waals surface area contributed by atoms with E-state index in [1.807, 2.05) is 34.6 Å². The molecule has 90 valence electrons. The van der Waals surface area contributed by atoms with E-state index in [9.17, 15) is 10.5 Å². The van der Waals surface area contributed by atoms with Crippen LogP contribution in [0.5, 0.6) is 0 Å². The summed E-state index contributed by atoms with van der Waals surface area (Å²) in [6, 6.07) is 4.59. The van der Waals surface area contributed by atoms with E-state index < -0.39 is 5.41 Å². The van der Waals surface area contributed by atoms with Gasteiger partial charge >= 0.3 is 0 Å². The Bertz CT molecular complexity index is 431. The number of hydrogen-bond acceptors (Lipinski definition) is 3. The summed E-state index contributed by atoms with van der Waals surface area (Å²) in [5, 5.41) is 18.7. The van der Waals surface area contributed by atoms with E-state index in [0.29, 0.717) is 0 Å². The molecule has 17 heavy (non-hydrogen) atoms. The lowest BCUT2D eigenvalue weighted by Gasteiger charge is -2.40. The molecule has 3 heteroatoms. The first-order valence-corrected chi connectivity index (χ1v) is 5.98. The predicted molar refractivity (Wildman–Crippen MR) is 67.4 cm³/mol. The molecule has 0 radical (unpaired) electrons. The van der Waals surface area contributed by atoms with Crippen molar-refractivity contribution in [3.05, 3.63) is 22.5 Å². The summed E-state index contributed by atoms with van der Waals surface area (Å²) in [5.74, 6) is 0. The Morgan fingerprint density at radius 2 is 1.47 bits per heavy atom. The first-order chi connectivity index (χ1) is 7.97. The van der Waals surface area contributed by atoms with E-state index in [0.717, 1.165) is 35.5 Å². The number of hydrogen-bond donors (Lipinski definition) is 0. The number of rotatable bonds is 2. The molecule has 0 aliphatic carbocycles. The van der Waals surface area contributed by atoms with Gasteiger partial charge in [0.05, 0.1) is 23.3 Å². The molecule has 0 saturated carbocycles. The Labute approximate surface area is 104 Å². The molecule has 0 spiro atoms. The van der Waals surface area contributed by atoms with Gasteiger partial charge in [-0.25, -0.2) is 0 Å². The third-order valence-electron chi connectivity index (χ3n) is 3.88. The Morgan fingerprint density at radius 3 is 1.71 bits per heavy atom. The molecule has 3 nitrogen and oxygen atoms in total. The van der Waals surface area contributed by atoms with Crippen LogP contribution in [-0.4, -0.2) is 11.4 Å². The van der Waals surface area contributed by atoms with Gasteiger partial charge < -0.3 is 4.90 Å². The van der Waals surface area contributed by atoms with E-state index in [2.05, 4.69) is 17.0 Å². The van der Waals surface area contributed by atoms with Crippen molar-refractivity contribution in [1.29, 1.82) is 10.5 Å². The molecule has 1 heterocycles. The average Bonchev–Trinajstić information content (AvgIpc) is 2.30. The maximum Gasteiger partial charge on any atom is 0.0975 e. The fourth-order valence-electron chi connectivity index (χ4n) is 2.68. The molecule has 0 aromatic heterocycles. The molecule has 0 fully saturated rings. The van der Waals surface area contributed by atoms with Crippen LogP contribution in [0.15, 0.2) is 22.5 Å². The predicted octanol–water partition coefficient (Wildman–Crippen LogP) is 3.33. The summed E-state index contributed by atoms with van der Waals surface area (Å²) in [4.78, 5) is 2.05. The molecule has 0 atom stereocenters. The Kier molecular flexibility index (Phi) is 3.63. The number of nitriles is 2. The van der Waals surface area contributed by atoms with Crippen molar-refractivity contribution in [2.24, 2.45) is 5.41 Å². The van der Waals surface area contributed by atoms with Gasteiger partial charge in [0, 0.05) is 23.4 Å². The minimum Gasteiger partial charge on any atom is -0.347 e. The highest BCUT2D eigenvalue weighted by Gasteiger charge is 2.40. The molecule has 0 amide bonds. The minimum absolute atomic E-state index is 0.427. The van der Waals surface area contributed by atoms with Gasteiger partial charge in [0.2, 0.25) is 0 Å². The molecular weight excluding hydrogens is 210 g/mol. The van der Waals surface area contributed by atoms with Crippen LogP contribution in [0, 0.1) is 28.1 Å². The van der Waals surface area contributed by atoms with Crippen molar-refractivity contribution in [3.8, 4) is 12.1 Å². The lowest BCUT2D eigenvalue weighted by atomic mass is 9.70. The summed E-state index contributed by atoms with van der Waals surface area (Å²) in [7, 11) is 0. The monoisotopic (exact) mass is 229 g/mol. The minimum atomic E-state index is -0.427. The fraction of sp³-hybridized carbons (Fsp3) is 0.571. The van der Waals surface area contributed by atoms with Crippen LogP contribution < -0.4 is 0 Å². The van der Waals surface area contributed by atoms with E-state index in [1.54, 1.807) is 0 Å². The largest absolute Gasteiger partial charge is 0.347 e. The van der Waals surface area contributed by atoms with Crippen LogP contribution in [0.3, 0.4) is 0 Å². The second-order valence-electron chi connectivity index (χ2n) is 4.57. The molecule has 1 aliphatic heterocycles. The second kappa shape index (κ2) is 4.63. The quantitative estimate of drug-likeness (QED) is 0.729. The third kappa shape index (κ3) is 1.72. The zero-order valence-corrected chi connectivity index (χ0v) is 11.3. The zero-order valence-electron chi connectivity index (χ0n) is 11.3. The van der Waals surface area contributed by atoms with Crippen LogP contribution in [0.1, 0.15) is 41.0 Å². The summed E-state index contributed by atoms with van der Waals surface area (Å²) < 4.78 is 0. The van der Waals surface area contributed by atoms with Crippen LogP contribution >= 0.6 is 0 Å². The molecule has 0 N–H and O–H groups in total. The van der Waals surface area contributed by atoms with Crippen molar-refractivity contribution in [2.75, 3.05) is 6.54 Å². The lowest BCUT2D eigenvalue weighted by molar-refractivity contribution is 0.365. The van der Waals surface area contributed by atoms with Gasteiger partial charge in [0.1, 0.15) is 0 Å². The first kappa shape index (κ1) is 13.3. The van der Waals surface area contributed by atoms with Gasteiger partial charge in [-0.2, -0.15) is 10.5 Å². The van der Waals surface area contributed by atoms with Gasteiger partial charge in [-0.15, -0.1) is 0 Å². The van der Waals surface area contributed by atoms with Gasteiger partial charge in [0.15, 0.2) is 0 Å². The number of allylic oxidation sites excluding steroid dienone is 4. The molecule has 0 aromatic carbocycles. The highest BCUT2D eigenvalue weighted by Crippen LogP contribution is 2.46. The van der Waals surface area contributed by atoms with Crippen LogP contribution in [0.2, 0.25) is 0 Å².